The van der Waals surface area contributed by atoms with Crippen LogP contribution in [0.5, 0.6) is 0 Å². The molecule has 0 bridgehead atoms. The van der Waals surface area contributed by atoms with Crippen LogP contribution in [0.25, 0.3) is 10.8 Å². The maximum atomic E-state index is 13.1. The topological polar surface area (TPSA) is 12.0 Å². The van der Waals surface area contributed by atoms with Crippen LogP contribution in [0.4, 0.5) is 10.1 Å². The summed E-state index contributed by atoms with van der Waals surface area (Å²) in [6, 6.07) is 17.1. The number of anilines is 1. The molecule has 3 aromatic carbocycles. The van der Waals surface area contributed by atoms with Crippen LogP contribution in [-0.2, 0) is 6.54 Å². The van der Waals surface area contributed by atoms with Crippen LogP contribution in [0, 0.1) is 5.82 Å². The van der Waals surface area contributed by atoms with Crippen LogP contribution in [0.2, 0.25) is 5.02 Å². The van der Waals surface area contributed by atoms with Crippen molar-refractivity contribution in [3.8, 4) is 0 Å². The van der Waals surface area contributed by atoms with Crippen molar-refractivity contribution < 1.29 is 4.39 Å². The fourth-order valence-corrected chi connectivity index (χ4v) is 2.76. The molecule has 21 heavy (non-hydrogen) atoms. The molecule has 3 rings (SSSR count). The van der Waals surface area contributed by atoms with Crippen molar-refractivity contribution in [3.63, 3.8) is 0 Å². The Morgan fingerprint density at radius 2 is 1.71 bits per heavy atom. The normalized spacial score (nSPS) is 10.8. The lowest BCUT2D eigenvalue weighted by Gasteiger charge is -2.08. The van der Waals surface area contributed by atoms with E-state index in [1.54, 1.807) is 12.1 Å². The Hall–Kier alpha value is -1.58. The number of rotatable bonds is 3. The Morgan fingerprint density at radius 3 is 2.52 bits per heavy atom. The average Bonchev–Trinajstić information content (AvgIpc) is 2.48. The van der Waals surface area contributed by atoms with E-state index >= 15 is 0 Å². The Kier molecular flexibility index (Phi) is 4.13. The Labute approximate surface area is 135 Å². The quantitative estimate of drug-likeness (QED) is 0.600. The lowest BCUT2D eigenvalue weighted by Crippen LogP contribution is -1.99. The molecule has 0 saturated heterocycles. The van der Waals surface area contributed by atoms with Gasteiger partial charge in [0.1, 0.15) is 5.82 Å². The summed E-state index contributed by atoms with van der Waals surface area (Å²) in [4.78, 5) is 0. The van der Waals surface area contributed by atoms with E-state index in [1.807, 2.05) is 12.1 Å². The Balaban J connectivity index is 1.78. The van der Waals surface area contributed by atoms with Crippen LogP contribution < -0.4 is 5.32 Å². The molecule has 3 aromatic rings. The second kappa shape index (κ2) is 6.04. The summed E-state index contributed by atoms with van der Waals surface area (Å²) >= 11 is 9.25. The van der Waals surface area contributed by atoms with Gasteiger partial charge in [0.15, 0.2) is 0 Å². The molecule has 1 nitrogen and oxygen atoms in total. The number of halogens is 3. The van der Waals surface area contributed by atoms with Gasteiger partial charge in [-0.1, -0.05) is 45.7 Å². The standard InChI is InChI=1S/C17H12BrClFN/c18-14-4-2-13-9-15(5-3-12(13)8-14)21-10-11-1-6-17(20)16(19)7-11/h1-9,21H,10H2. The van der Waals surface area contributed by atoms with Gasteiger partial charge in [-0.2, -0.15) is 0 Å². The molecule has 0 saturated carbocycles. The lowest BCUT2D eigenvalue weighted by molar-refractivity contribution is 0.627. The highest BCUT2D eigenvalue weighted by molar-refractivity contribution is 9.10. The first-order chi connectivity index (χ1) is 10.1. The first-order valence-corrected chi connectivity index (χ1v) is 7.66. The first-order valence-electron chi connectivity index (χ1n) is 6.49. The molecule has 0 unspecified atom stereocenters. The van der Waals surface area contributed by atoms with Gasteiger partial charge in [0.25, 0.3) is 0 Å². The average molecular weight is 365 g/mol. The zero-order valence-corrected chi connectivity index (χ0v) is 13.4. The fraction of sp³-hybridized carbons (Fsp3) is 0.0588. The van der Waals surface area contributed by atoms with Gasteiger partial charge in [-0.15, -0.1) is 0 Å². The summed E-state index contributed by atoms with van der Waals surface area (Å²) in [7, 11) is 0. The minimum Gasteiger partial charge on any atom is -0.381 e. The molecule has 4 heteroatoms. The Morgan fingerprint density at radius 1 is 0.952 bits per heavy atom. The van der Waals surface area contributed by atoms with Gasteiger partial charge in [-0.05, 0) is 52.7 Å². The Bertz CT molecular complexity index is 804. The monoisotopic (exact) mass is 363 g/mol. The summed E-state index contributed by atoms with van der Waals surface area (Å²) in [5.74, 6) is -0.392. The van der Waals surface area contributed by atoms with Crippen molar-refractivity contribution in [2.75, 3.05) is 5.32 Å². The van der Waals surface area contributed by atoms with Gasteiger partial charge in [0.05, 0.1) is 5.02 Å². The summed E-state index contributed by atoms with van der Waals surface area (Å²) in [6.07, 6.45) is 0. The third kappa shape index (κ3) is 3.36. The second-order valence-electron chi connectivity index (χ2n) is 4.81. The van der Waals surface area contributed by atoms with Crippen molar-refractivity contribution in [2.45, 2.75) is 6.54 Å². The molecular formula is C17H12BrClFN. The molecular weight excluding hydrogens is 353 g/mol. The van der Waals surface area contributed by atoms with Gasteiger partial charge < -0.3 is 5.32 Å². The maximum Gasteiger partial charge on any atom is 0.141 e. The molecule has 0 amide bonds. The van der Waals surface area contributed by atoms with Crippen molar-refractivity contribution in [1.29, 1.82) is 0 Å². The van der Waals surface area contributed by atoms with Crippen molar-refractivity contribution in [3.05, 3.63) is 75.5 Å². The molecule has 0 aliphatic rings. The SMILES string of the molecule is Fc1ccc(CNc2ccc3cc(Br)ccc3c2)cc1Cl. The number of benzene rings is 3. The molecule has 0 atom stereocenters. The summed E-state index contributed by atoms with van der Waals surface area (Å²) in [6.45, 7) is 0.599. The molecule has 0 heterocycles. The van der Waals surface area contributed by atoms with Crippen LogP contribution >= 0.6 is 27.5 Å². The van der Waals surface area contributed by atoms with E-state index in [0.29, 0.717) is 6.54 Å². The molecule has 1 N–H and O–H groups in total. The van der Waals surface area contributed by atoms with E-state index in [-0.39, 0.29) is 5.02 Å². The predicted molar refractivity (Wildman–Crippen MR) is 90.4 cm³/mol. The molecule has 106 valence electrons. The molecule has 0 radical (unpaired) electrons. The predicted octanol–water partition coefficient (Wildman–Crippen LogP) is 6.01. The van der Waals surface area contributed by atoms with E-state index < -0.39 is 5.82 Å². The molecule has 0 spiro atoms. The summed E-state index contributed by atoms with van der Waals surface area (Å²) in [5.41, 5.74) is 1.96. The van der Waals surface area contributed by atoms with Gasteiger partial charge in [0.2, 0.25) is 0 Å². The number of fused-ring (bicyclic) bond motifs is 1. The minimum absolute atomic E-state index is 0.151. The minimum atomic E-state index is -0.392. The van der Waals surface area contributed by atoms with E-state index in [1.165, 1.54) is 16.8 Å². The van der Waals surface area contributed by atoms with E-state index in [9.17, 15) is 4.39 Å². The number of nitrogens with one attached hydrogen (secondary N) is 1. The largest absolute Gasteiger partial charge is 0.381 e. The number of hydrogen-bond donors (Lipinski definition) is 1. The van der Waals surface area contributed by atoms with Gasteiger partial charge >= 0.3 is 0 Å². The van der Waals surface area contributed by atoms with Crippen LogP contribution in [0.1, 0.15) is 5.56 Å². The van der Waals surface area contributed by atoms with Gasteiger partial charge in [0, 0.05) is 16.7 Å². The van der Waals surface area contributed by atoms with E-state index in [2.05, 4.69) is 45.5 Å². The highest BCUT2D eigenvalue weighted by Crippen LogP contribution is 2.23. The smallest absolute Gasteiger partial charge is 0.141 e. The summed E-state index contributed by atoms with van der Waals surface area (Å²) in [5, 5.41) is 5.82. The summed E-state index contributed by atoms with van der Waals surface area (Å²) < 4.78 is 14.2. The molecule has 0 aromatic heterocycles. The highest BCUT2D eigenvalue weighted by Gasteiger charge is 2.02. The molecule has 0 aliphatic carbocycles. The third-order valence-electron chi connectivity index (χ3n) is 3.28. The zero-order chi connectivity index (χ0) is 14.8. The maximum absolute atomic E-state index is 13.1. The number of hydrogen-bond acceptors (Lipinski definition) is 1. The van der Waals surface area contributed by atoms with Gasteiger partial charge in [-0.3, -0.25) is 0 Å². The third-order valence-corrected chi connectivity index (χ3v) is 4.07. The van der Waals surface area contributed by atoms with E-state index in [0.717, 1.165) is 15.7 Å². The molecule has 0 aliphatic heterocycles. The molecule has 0 fully saturated rings. The lowest BCUT2D eigenvalue weighted by atomic mass is 10.1. The van der Waals surface area contributed by atoms with Crippen molar-refractivity contribution >= 4 is 44.0 Å². The fourth-order valence-electron chi connectivity index (χ4n) is 2.18. The van der Waals surface area contributed by atoms with E-state index in [4.69, 9.17) is 11.6 Å². The zero-order valence-electron chi connectivity index (χ0n) is 11.0. The van der Waals surface area contributed by atoms with Crippen LogP contribution in [0.3, 0.4) is 0 Å². The van der Waals surface area contributed by atoms with Gasteiger partial charge in [-0.25, -0.2) is 4.39 Å². The second-order valence-corrected chi connectivity index (χ2v) is 6.13. The highest BCUT2D eigenvalue weighted by atomic mass is 79.9. The van der Waals surface area contributed by atoms with Crippen LogP contribution in [-0.4, -0.2) is 0 Å². The van der Waals surface area contributed by atoms with Crippen molar-refractivity contribution in [2.24, 2.45) is 0 Å². The van der Waals surface area contributed by atoms with Crippen LogP contribution in [0.15, 0.2) is 59.1 Å². The first kappa shape index (κ1) is 14.4. The van der Waals surface area contributed by atoms with Crippen molar-refractivity contribution in [1.82, 2.24) is 0 Å².